The summed E-state index contributed by atoms with van der Waals surface area (Å²) in [7, 11) is 1.65. The summed E-state index contributed by atoms with van der Waals surface area (Å²) >= 11 is 0. The third-order valence-electron chi connectivity index (χ3n) is 5.95. The van der Waals surface area contributed by atoms with E-state index in [0.717, 1.165) is 60.9 Å². The standard InChI is InChI=1S/C23H26N4O4/c1-29-19-3-4-20-18(13-19)14-24-27(20)7-6-23(28)26-10-8-25(9-11-26)15-17-2-5-21-22(12-17)31-16-30-21/h2-5,12-14H,6-11,15-16H2,1H3. The van der Waals surface area contributed by atoms with Crippen LogP contribution in [0.15, 0.2) is 42.6 Å². The first-order chi connectivity index (χ1) is 15.2. The van der Waals surface area contributed by atoms with Crippen LogP contribution in [0.4, 0.5) is 0 Å². The molecule has 0 atom stereocenters. The van der Waals surface area contributed by atoms with Gasteiger partial charge in [0, 0.05) is 44.5 Å². The Balaban J connectivity index is 1.12. The molecule has 1 aromatic heterocycles. The molecule has 0 aliphatic carbocycles. The summed E-state index contributed by atoms with van der Waals surface area (Å²) in [6.07, 6.45) is 2.27. The number of aromatic nitrogens is 2. The van der Waals surface area contributed by atoms with E-state index in [0.29, 0.717) is 19.8 Å². The van der Waals surface area contributed by atoms with Gasteiger partial charge in [-0.1, -0.05) is 6.07 Å². The van der Waals surface area contributed by atoms with E-state index in [2.05, 4.69) is 16.1 Å². The van der Waals surface area contributed by atoms with Crippen LogP contribution in [-0.2, 0) is 17.9 Å². The molecule has 162 valence electrons. The number of benzene rings is 2. The summed E-state index contributed by atoms with van der Waals surface area (Å²) in [5, 5.41) is 5.45. The first kappa shape index (κ1) is 19.7. The molecule has 1 saturated heterocycles. The summed E-state index contributed by atoms with van der Waals surface area (Å²) in [6.45, 7) is 4.95. The van der Waals surface area contributed by atoms with E-state index in [-0.39, 0.29) is 5.91 Å². The number of rotatable bonds is 6. The van der Waals surface area contributed by atoms with Gasteiger partial charge in [0.05, 0.1) is 25.4 Å². The second-order valence-electron chi connectivity index (χ2n) is 7.89. The molecular weight excluding hydrogens is 396 g/mol. The lowest BCUT2D eigenvalue weighted by Crippen LogP contribution is -2.48. The van der Waals surface area contributed by atoms with Crippen molar-refractivity contribution >= 4 is 16.8 Å². The molecule has 0 spiro atoms. The highest BCUT2D eigenvalue weighted by molar-refractivity contribution is 5.81. The number of nitrogens with zero attached hydrogens (tertiary/aromatic N) is 4. The molecule has 2 aliphatic heterocycles. The van der Waals surface area contributed by atoms with Crippen molar-refractivity contribution in [2.24, 2.45) is 0 Å². The van der Waals surface area contributed by atoms with Gasteiger partial charge in [0.2, 0.25) is 12.7 Å². The van der Waals surface area contributed by atoms with Crippen LogP contribution in [0.25, 0.3) is 10.9 Å². The summed E-state index contributed by atoms with van der Waals surface area (Å²) in [4.78, 5) is 17.1. The zero-order valence-electron chi connectivity index (χ0n) is 17.6. The Morgan fingerprint density at radius 1 is 1.06 bits per heavy atom. The van der Waals surface area contributed by atoms with Crippen LogP contribution < -0.4 is 14.2 Å². The minimum absolute atomic E-state index is 0.180. The van der Waals surface area contributed by atoms with Gasteiger partial charge in [-0.25, -0.2) is 0 Å². The van der Waals surface area contributed by atoms with Gasteiger partial charge in [-0.2, -0.15) is 5.10 Å². The molecule has 5 rings (SSSR count). The van der Waals surface area contributed by atoms with Crippen LogP contribution in [0.2, 0.25) is 0 Å². The SMILES string of the molecule is COc1ccc2c(cnn2CCC(=O)N2CCN(Cc3ccc4c(c3)OCO4)CC2)c1. The average molecular weight is 422 g/mol. The minimum atomic E-state index is 0.180. The number of ether oxygens (including phenoxy) is 3. The number of aryl methyl sites for hydroxylation is 1. The van der Waals surface area contributed by atoms with Crippen molar-refractivity contribution < 1.29 is 19.0 Å². The summed E-state index contributed by atoms with van der Waals surface area (Å²) < 4.78 is 18.0. The number of amides is 1. The van der Waals surface area contributed by atoms with Gasteiger partial charge in [-0.05, 0) is 35.9 Å². The maximum absolute atomic E-state index is 12.7. The molecule has 3 aromatic rings. The minimum Gasteiger partial charge on any atom is -0.497 e. The fourth-order valence-electron chi connectivity index (χ4n) is 4.18. The van der Waals surface area contributed by atoms with Gasteiger partial charge in [-0.3, -0.25) is 14.4 Å². The fraction of sp³-hybridized carbons (Fsp3) is 0.391. The lowest BCUT2D eigenvalue weighted by atomic mass is 10.1. The Kier molecular flexibility index (Phi) is 5.38. The van der Waals surface area contributed by atoms with Crippen molar-refractivity contribution in [3.8, 4) is 17.2 Å². The van der Waals surface area contributed by atoms with Gasteiger partial charge < -0.3 is 19.1 Å². The quantitative estimate of drug-likeness (QED) is 0.608. The summed E-state index contributed by atoms with van der Waals surface area (Å²) in [6, 6.07) is 12.0. The molecule has 31 heavy (non-hydrogen) atoms. The molecular formula is C23H26N4O4. The first-order valence-corrected chi connectivity index (χ1v) is 10.6. The van der Waals surface area contributed by atoms with Crippen molar-refractivity contribution in [1.29, 1.82) is 0 Å². The van der Waals surface area contributed by atoms with Crippen molar-refractivity contribution in [3.05, 3.63) is 48.2 Å². The van der Waals surface area contributed by atoms with E-state index < -0.39 is 0 Å². The molecule has 8 nitrogen and oxygen atoms in total. The third-order valence-corrected chi connectivity index (χ3v) is 5.95. The molecule has 0 N–H and O–H groups in total. The van der Waals surface area contributed by atoms with E-state index in [1.54, 1.807) is 7.11 Å². The summed E-state index contributed by atoms with van der Waals surface area (Å²) in [5.74, 6) is 2.61. The van der Waals surface area contributed by atoms with Gasteiger partial charge in [-0.15, -0.1) is 0 Å². The Morgan fingerprint density at radius 3 is 2.74 bits per heavy atom. The van der Waals surface area contributed by atoms with Crippen molar-refractivity contribution in [1.82, 2.24) is 19.6 Å². The van der Waals surface area contributed by atoms with Gasteiger partial charge in [0.1, 0.15) is 5.75 Å². The fourth-order valence-corrected chi connectivity index (χ4v) is 4.18. The number of fused-ring (bicyclic) bond motifs is 2. The highest BCUT2D eigenvalue weighted by Gasteiger charge is 2.22. The topological polar surface area (TPSA) is 69.1 Å². The first-order valence-electron chi connectivity index (χ1n) is 10.6. The summed E-state index contributed by atoms with van der Waals surface area (Å²) in [5.41, 5.74) is 2.22. The second kappa shape index (κ2) is 8.47. The maximum atomic E-state index is 12.7. The van der Waals surface area contributed by atoms with E-state index in [9.17, 15) is 4.79 Å². The van der Waals surface area contributed by atoms with E-state index in [1.165, 1.54) is 5.56 Å². The molecule has 0 unspecified atom stereocenters. The van der Waals surface area contributed by atoms with Crippen LogP contribution in [-0.4, -0.2) is 65.6 Å². The Hall–Kier alpha value is -3.26. The molecule has 2 aliphatic rings. The lowest BCUT2D eigenvalue weighted by Gasteiger charge is -2.34. The largest absolute Gasteiger partial charge is 0.497 e. The monoisotopic (exact) mass is 422 g/mol. The van der Waals surface area contributed by atoms with Gasteiger partial charge in [0.25, 0.3) is 0 Å². The molecule has 8 heteroatoms. The Labute approximate surface area is 180 Å². The van der Waals surface area contributed by atoms with E-state index in [4.69, 9.17) is 14.2 Å². The van der Waals surface area contributed by atoms with Gasteiger partial charge in [0.15, 0.2) is 11.5 Å². The molecule has 1 amide bonds. The van der Waals surface area contributed by atoms with Crippen molar-refractivity contribution in [2.45, 2.75) is 19.5 Å². The number of carbonyl (C=O) groups is 1. The van der Waals surface area contributed by atoms with Crippen LogP contribution in [0.5, 0.6) is 17.2 Å². The molecule has 0 radical (unpaired) electrons. The molecule has 2 aromatic carbocycles. The second-order valence-corrected chi connectivity index (χ2v) is 7.89. The van der Waals surface area contributed by atoms with Crippen LogP contribution >= 0.6 is 0 Å². The van der Waals surface area contributed by atoms with Crippen LogP contribution in [0, 0.1) is 0 Å². The molecule has 0 saturated carbocycles. The Morgan fingerprint density at radius 2 is 1.90 bits per heavy atom. The van der Waals surface area contributed by atoms with Gasteiger partial charge >= 0.3 is 0 Å². The molecule has 1 fully saturated rings. The number of piperazine rings is 1. The zero-order chi connectivity index (χ0) is 21.2. The average Bonchev–Trinajstić information content (AvgIpc) is 3.44. The smallest absolute Gasteiger partial charge is 0.231 e. The molecule has 3 heterocycles. The van der Waals surface area contributed by atoms with E-state index in [1.807, 2.05) is 46.1 Å². The van der Waals surface area contributed by atoms with E-state index >= 15 is 0 Å². The number of methoxy groups -OCH3 is 1. The highest BCUT2D eigenvalue weighted by Crippen LogP contribution is 2.32. The van der Waals surface area contributed by atoms with Crippen LogP contribution in [0.3, 0.4) is 0 Å². The Bertz CT molecular complexity index is 1090. The predicted molar refractivity (Wildman–Crippen MR) is 115 cm³/mol. The lowest BCUT2D eigenvalue weighted by molar-refractivity contribution is -0.133. The number of carbonyl (C=O) groups excluding carboxylic acids is 1. The zero-order valence-corrected chi connectivity index (χ0v) is 17.6. The normalized spacial score (nSPS) is 16.1. The number of hydrogen-bond donors (Lipinski definition) is 0. The predicted octanol–water partition coefficient (Wildman–Crippen LogP) is 2.51. The molecule has 0 bridgehead atoms. The third kappa shape index (κ3) is 4.16. The number of hydrogen-bond acceptors (Lipinski definition) is 6. The van der Waals surface area contributed by atoms with Crippen molar-refractivity contribution in [3.63, 3.8) is 0 Å². The van der Waals surface area contributed by atoms with Crippen molar-refractivity contribution in [2.75, 3.05) is 40.1 Å². The van der Waals surface area contributed by atoms with Crippen LogP contribution in [0.1, 0.15) is 12.0 Å². The maximum Gasteiger partial charge on any atom is 0.231 e. The highest BCUT2D eigenvalue weighted by atomic mass is 16.7.